The van der Waals surface area contributed by atoms with Crippen LogP contribution in [0.3, 0.4) is 0 Å². The number of hydrogen-bond donors (Lipinski definition) is 0. The second-order valence-corrected chi connectivity index (χ2v) is 7.44. The number of pyridine rings is 2. The summed E-state index contributed by atoms with van der Waals surface area (Å²) in [6, 6.07) is 14.9. The third-order valence-electron chi connectivity index (χ3n) is 5.60. The average Bonchev–Trinajstić information content (AvgIpc) is 3.29. The van der Waals surface area contributed by atoms with E-state index >= 15 is 0 Å². The minimum atomic E-state index is 0.289. The molecule has 5 heteroatoms. The van der Waals surface area contributed by atoms with Crippen LogP contribution in [0.25, 0.3) is 22.4 Å². The van der Waals surface area contributed by atoms with E-state index in [2.05, 4.69) is 47.7 Å². The summed E-state index contributed by atoms with van der Waals surface area (Å²) in [5.74, 6) is 1.73. The highest BCUT2D eigenvalue weighted by molar-refractivity contribution is 5.76. The molecule has 0 fully saturated rings. The van der Waals surface area contributed by atoms with Gasteiger partial charge in [0.05, 0.1) is 18.8 Å². The number of methoxy groups -OCH3 is 1. The van der Waals surface area contributed by atoms with Crippen molar-refractivity contribution >= 4 is 11.2 Å². The molecule has 0 N–H and O–H groups in total. The topological polar surface area (TPSA) is 52.8 Å². The first kappa shape index (κ1) is 16.9. The number of nitrogens with zero attached hydrogens (tertiary/aromatic N) is 4. The summed E-state index contributed by atoms with van der Waals surface area (Å²) < 4.78 is 7.49. The monoisotopic (exact) mass is 370 g/mol. The lowest BCUT2D eigenvalue weighted by Crippen LogP contribution is -2.08. The van der Waals surface area contributed by atoms with Crippen LogP contribution in [0.2, 0.25) is 0 Å². The maximum Gasteiger partial charge on any atom is 0.212 e. The van der Waals surface area contributed by atoms with E-state index < -0.39 is 0 Å². The van der Waals surface area contributed by atoms with Crippen molar-refractivity contribution in [3.63, 3.8) is 0 Å². The van der Waals surface area contributed by atoms with Gasteiger partial charge in [0.1, 0.15) is 11.3 Å². The smallest absolute Gasteiger partial charge is 0.212 e. The van der Waals surface area contributed by atoms with E-state index in [1.54, 1.807) is 13.3 Å². The number of hydrogen-bond acceptors (Lipinski definition) is 4. The van der Waals surface area contributed by atoms with Crippen molar-refractivity contribution in [3.05, 3.63) is 71.2 Å². The minimum absolute atomic E-state index is 0.289. The Labute approximate surface area is 164 Å². The Hall–Kier alpha value is -3.21. The predicted octanol–water partition coefficient (Wildman–Crippen LogP) is 4.65. The van der Waals surface area contributed by atoms with Gasteiger partial charge < -0.3 is 9.30 Å². The van der Waals surface area contributed by atoms with Gasteiger partial charge in [-0.25, -0.2) is 15.0 Å². The molecule has 5 nitrogen and oxygen atoms in total. The molecule has 0 unspecified atom stereocenters. The van der Waals surface area contributed by atoms with Crippen molar-refractivity contribution in [1.82, 2.24) is 19.5 Å². The van der Waals surface area contributed by atoms with Crippen LogP contribution in [-0.2, 0) is 6.42 Å². The molecule has 1 atom stereocenters. The molecule has 3 aromatic heterocycles. The maximum atomic E-state index is 5.16. The molecular weight excluding hydrogens is 348 g/mol. The molecule has 28 heavy (non-hydrogen) atoms. The number of benzene rings is 1. The van der Waals surface area contributed by atoms with E-state index in [0.717, 1.165) is 41.1 Å². The second kappa shape index (κ2) is 6.44. The van der Waals surface area contributed by atoms with Gasteiger partial charge in [-0.2, -0.15) is 0 Å². The van der Waals surface area contributed by atoms with E-state index in [1.807, 2.05) is 18.2 Å². The van der Waals surface area contributed by atoms with Gasteiger partial charge in [-0.05, 0) is 49.6 Å². The summed E-state index contributed by atoms with van der Waals surface area (Å²) >= 11 is 0. The van der Waals surface area contributed by atoms with Crippen molar-refractivity contribution in [3.8, 4) is 17.1 Å². The fourth-order valence-corrected chi connectivity index (χ4v) is 4.15. The number of rotatable bonds is 3. The highest BCUT2D eigenvalue weighted by Gasteiger charge is 2.29. The lowest BCUT2D eigenvalue weighted by molar-refractivity contribution is 0.398. The summed E-state index contributed by atoms with van der Waals surface area (Å²) in [4.78, 5) is 14.1. The van der Waals surface area contributed by atoms with Crippen molar-refractivity contribution < 1.29 is 4.74 Å². The van der Waals surface area contributed by atoms with Crippen LogP contribution in [0.1, 0.15) is 35.0 Å². The Bertz CT molecular complexity index is 1180. The lowest BCUT2D eigenvalue weighted by Gasteiger charge is -2.18. The van der Waals surface area contributed by atoms with Crippen LogP contribution in [0.4, 0.5) is 0 Å². The van der Waals surface area contributed by atoms with Crippen LogP contribution in [0.5, 0.6) is 5.88 Å². The average molecular weight is 370 g/mol. The Morgan fingerprint density at radius 2 is 1.93 bits per heavy atom. The molecule has 0 radical (unpaired) electrons. The van der Waals surface area contributed by atoms with E-state index in [4.69, 9.17) is 14.7 Å². The van der Waals surface area contributed by atoms with Gasteiger partial charge >= 0.3 is 0 Å². The highest BCUT2D eigenvalue weighted by atomic mass is 16.5. The van der Waals surface area contributed by atoms with Gasteiger partial charge in [-0.15, -0.1) is 0 Å². The number of ether oxygens (including phenoxy) is 1. The Balaban J connectivity index is 1.64. The minimum Gasteiger partial charge on any atom is -0.481 e. The number of aryl methyl sites for hydroxylation is 3. The fraction of sp³-hybridized carbons (Fsp3) is 0.261. The van der Waals surface area contributed by atoms with Crippen molar-refractivity contribution in [2.24, 2.45) is 0 Å². The molecule has 1 aliphatic heterocycles. The van der Waals surface area contributed by atoms with Crippen LogP contribution < -0.4 is 4.74 Å². The molecule has 5 rings (SSSR count). The van der Waals surface area contributed by atoms with Crippen LogP contribution in [0.15, 0.2) is 48.7 Å². The number of fused-ring (bicyclic) bond motifs is 3. The second-order valence-electron chi connectivity index (χ2n) is 7.44. The third-order valence-corrected chi connectivity index (χ3v) is 5.60. The molecule has 1 aromatic carbocycles. The zero-order chi connectivity index (χ0) is 19.3. The summed E-state index contributed by atoms with van der Waals surface area (Å²) in [5.41, 5.74) is 7.76. The molecule has 0 bridgehead atoms. The van der Waals surface area contributed by atoms with Crippen LogP contribution in [0, 0.1) is 13.8 Å². The van der Waals surface area contributed by atoms with Gasteiger partial charge in [0.15, 0.2) is 5.65 Å². The molecule has 0 saturated carbocycles. The highest BCUT2D eigenvalue weighted by Crippen LogP contribution is 2.37. The summed E-state index contributed by atoms with van der Waals surface area (Å²) in [5, 5.41) is 0. The van der Waals surface area contributed by atoms with Crippen LogP contribution >= 0.6 is 0 Å². The van der Waals surface area contributed by atoms with E-state index in [1.165, 1.54) is 16.7 Å². The normalized spacial score (nSPS) is 15.8. The Morgan fingerprint density at radius 3 is 2.71 bits per heavy atom. The molecule has 4 heterocycles. The fourth-order valence-electron chi connectivity index (χ4n) is 4.15. The summed E-state index contributed by atoms with van der Waals surface area (Å²) in [6.07, 6.45) is 3.85. The molecule has 0 spiro atoms. The standard InChI is InChI=1S/C23H22N4O/c1-14-4-5-15(2)17(12-14)20-9-10-21-25-19-8-7-18(26-23(19)27(20)21)16-6-11-22(28-3)24-13-16/h4-8,11-13,20H,9-10H2,1-3H3/t20-/m1/s1. The van der Waals surface area contributed by atoms with E-state index in [0.29, 0.717) is 5.88 Å². The zero-order valence-corrected chi connectivity index (χ0v) is 16.3. The molecule has 140 valence electrons. The third kappa shape index (κ3) is 2.66. The first-order valence-electron chi connectivity index (χ1n) is 9.59. The largest absolute Gasteiger partial charge is 0.481 e. The molecule has 0 aliphatic carbocycles. The molecule has 4 aromatic rings. The van der Waals surface area contributed by atoms with Gasteiger partial charge in [0.2, 0.25) is 5.88 Å². The van der Waals surface area contributed by atoms with E-state index in [-0.39, 0.29) is 6.04 Å². The quantitative estimate of drug-likeness (QED) is 0.526. The maximum absolute atomic E-state index is 5.16. The molecule has 0 saturated heterocycles. The van der Waals surface area contributed by atoms with Gasteiger partial charge in [-0.1, -0.05) is 23.8 Å². The molecular formula is C23H22N4O. The Kier molecular flexibility index (Phi) is 3.90. The summed E-state index contributed by atoms with van der Waals surface area (Å²) in [6.45, 7) is 4.34. The lowest BCUT2D eigenvalue weighted by atomic mass is 9.97. The predicted molar refractivity (Wildman–Crippen MR) is 110 cm³/mol. The van der Waals surface area contributed by atoms with E-state index in [9.17, 15) is 0 Å². The molecule has 1 aliphatic rings. The van der Waals surface area contributed by atoms with Crippen LogP contribution in [-0.4, -0.2) is 26.6 Å². The molecule has 0 amide bonds. The first-order valence-corrected chi connectivity index (χ1v) is 9.59. The van der Waals surface area contributed by atoms with Gasteiger partial charge in [0.25, 0.3) is 0 Å². The SMILES string of the molecule is COc1ccc(-c2ccc3nc4n(c3n2)[C@@H](c2cc(C)ccc2C)CC4)cn1. The van der Waals surface area contributed by atoms with Crippen molar-refractivity contribution in [2.75, 3.05) is 7.11 Å². The Morgan fingerprint density at radius 1 is 1.04 bits per heavy atom. The van der Waals surface area contributed by atoms with Crippen molar-refractivity contribution in [2.45, 2.75) is 32.7 Å². The summed E-state index contributed by atoms with van der Waals surface area (Å²) in [7, 11) is 1.62. The number of aromatic nitrogens is 4. The van der Waals surface area contributed by atoms with Gasteiger partial charge in [0, 0.05) is 24.2 Å². The van der Waals surface area contributed by atoms with Gasteiger partial charge in [-0.3, -0.25) is 0 Å². The van der Waals surface area contributed by atoms with Crippen molar-refractivity contribution in [1.29, 1.82) is 0 Å². The first-order chi connectivity index (χ1) is 13.6. The zero-order valence-electron chi connectivity index (χ0n) is 16.3. The number of imidazole rings is 1.